The predicted octanol–water partition coefficient (Wildman–Crippen LogP) is 3.43. The summed E-state index contributed by atoms with van der Waals surface area (Å²) >= 11 is 5.10. The Labute approximate surface area is 157 Å². The minimum atomic E-state index is -0.296. The van der Waals surface area contributed by atoms with Crippen molar-refractivity contribution in [2.75, 3.05) is 18.0 Å². The van der Waals surface area contributed by atoms with Gasteiger partial charge in [-0.3, -0.25) is 4.79 Å². The molecule has 7 heteroatoms. The first-order valence-electron chi connectivity index (χ1n) is 8.59. The highest BCUT2D eigenvalue weighted by Crippen LogP contribution is 2.24. The van der Waals surface area contributed by atoms with Crippen molar-refractivity contribution in [3.05, 3.63) is 58.1 Å². The highest BCUT2D eigenvalue weighted by Gasteiger charge is 2.24. The molecule has 0 saturated carbocycles. The molecular weight excluding hydrogens is 353 g/mol. The number of carbonyl (C=O) groups is 1. The summed E-state index contributed by atoms with van der Waals surface area (Å²) < 4.78 is 20.7. The Balaban J connectivity index is 1.67. The lowest BCUT2D eigenvalue weighted by Crippen LogP contribution is -2.45. The molecule has 1 saturated heterocycles. The van der Waals surface area contributed by atoms with Gasteiger partial charge in [-0.25, -0.2) is 4.39 Å². The lowest BCUT2D eigenvalue weighted by molar-refractivity contribution is -0.00539. The first kappa shape index (κ1) is 18.5. The van der Waals surface area contributed by atoms with Gasteiger partial charge in [0.25, 0.3) is 5.91 Å². The number of morpholine rings is 1. The number of H-pyrrole nitrogens is 1. The van der Waals surface area contributed by atoms with Gasteiger partial charge in [0.05, 0.1) is 23.5 Å². The standard InChI is InChI=1S/C19H22FN3O2S/c1-12-10-23(11-13(2)25-12)17-6-5-14(8-16(17)20)9-22-18(24)15-4-3-7-21-19(15)26/h3-8,12-13H,9-11H2,1-2H3,(H,21,26)(H,22,24). The molecule has 1 amide bonds. The summed E-state index contributed by atoms with van der Waals surface area (Å²) in [5, 5.41) is 2.77. The third-order valence-corrected chi connectivity index (χ3v) is 4.63. The van der Waals surface area contributed by atoms with Crippen LogP contribution in [0.25, 0.3) is 0 Å². The Morgan fingerprint density at radius 3 is 2.73 bits per heavy atom. The average Bonchev–Trinajstić information content (AvgIpc) is 2.59. The van der Waals surface area contributed by atoms with Gasteiger partial charge >= 0.3 is 0 Å². The average molecular weight is 375 g/mol. The number of pyridine rings is 1. The van der Waals surface area contributed by atoms with E-state index in [9.17, 15) is 9.18 Å². The van der Waals surface area contributed by atoms with Crippen LogP contribution in [0.5, 0.6) is 0 Å². The number of hydrogen-bond donors (Lipinski definition) is 2. The van der Waals surface area contributed by atoms with Crippen LogP contribution in [0, 0.1) is 10.5 Å². The first-order valence-corrected chi connectivity index (χ1v) is 8.99. The van der Waals surface area contributed by atoms with Crippen molar-refractivity contribution in [1.82, 2.24) is 10.3 Å². The molecule has 138 valence electrons. The molecule has 1 aliphatic heterocycles. The number of nitrogens with zero attached hydrogens (tertiary/aromatic N) is 1. The summed E-state index contributed by atoms with van der Waals surface area (Å²) in [7, 11) is 0. The summed E-state index contributed by atoms with van der Waals surface area (Å²) in [4.78, 5) is 17.0. The zero-order valence-corrected chi connectivity index (χ0v) is 15.6. The molecular formula is C19H22FN3O2S. The minimum absolute atomic E-state index is 0.0624. The van der Waals surface area contributed by atoms with Gasteiger partial charge in [0, 0.05) is 25.8 Å². The summed E-state index contributed by atoms with van der Waals surface area (Å²) in [5.41, 5.74) is 1.66. The van der Waals surface area contributed by atoms with Gasteiger partial charge in [0.2, 0.25) is 0 Å². The summed E-state index contributed by atoms with van der Waals surface area (Å²) in [6, 6.07) is 8.42. The number of aromatic nitrogens is 1. The largest absolute Gasteiger partial charge is 0.372 e. The van der Waals surface area contributed by atoms with Gasteiger partial charge in [-0.15, -0.1) is 0 Å². The van der Waals surface area contributed by atoms with Crippen molar-refractivity contribution in [2.45, 2.75) is 32.6 Å². The molecule has 2 N–H and O–H groups in total. The van der Waals surface area contributed by atoms with Crippen molar-refractivity contribution >= 4 is 23.8 Å². The fourth-order valence-electron chi connectivity index (χ4n) is 3.17. The van der Waals surface area contributed by atoms with Crippen LogP contribution in [0.1, 0.15) is 29.8 Å². The van der Waals surface area contributed by atoms with Gasteiger partial charge in [0.1, 0.15) is 10.5 Å². The summed E-state index contributed by atoms with van der Waals surface area (Å²) in [5.74, 6) is -0.581. The van der Waals surface area contributed by atoms with Crippen LogP contribution in [0.4, 0.5) is 10.1 Å². The maximum Gasteiger partial charge on any atom is 0.254 e. The predicted molar refractivity (Wildman–Crippen MR) is 101 cm³/mol. The number of aromatic amines is 1. The van der Waals surface area contributed by atoms with Gasteiger partial charge in [-0.05, 0) is 43.7 Å². The van der Waals surface area contributed by atoms with Gasteiger partial charge in [-0.1, -0.05) is 18.3 Å². The Kier molecular flexibility index (Phi) is 5.68. The van der Waals surface area contributed by atoms with Crippen molar-refractivity contribution in [1.29, 1.82) is 0 Å². The van der Waals surface area contributed by atoms with E-state index in [-0.39, 0.29) is 30.5 Å². The van der Waals surface area contributed by atoms with Crippen molar-refractivity contribution < 1.29 is 13.9 Å². The second kappa shape index (κ2) is 7.97. The number of anilines is 1. The molecule has 2 unspecified atom stereocenters. The smallest absolute Gasteiger partial charge is 0.254 e. The molecule has 5 nitrogen and oxygen atoms in total. The van der Waals surface area contributed by atoms with Crippen LogP contribution in [0.3, 0.4) is 0 Å². The zero-order valence-electron chi connectivity index (χ0n) is 14.8. The van der Waals surface area contributed by atoms with Gasteiger partial charge in [0.15, 0.2) is 0 Å². The summed E-state index contributed by atoms with van der Waals surface area (Å²) in [6.45, 7) is 5.51. The maximum absolute atomic E-state index is 14.6. The monoisotopic (exact) mass is 375 g/mol. The Morgan fingerprint density at radius 1 is 1.35 bits per heavy atom. The molecule has 2 atom stereocenters. The van der Waals surface area contributed by atoms with Gasteiger partial charge in [-0.2, -0.15) is 0 Å². The van der Waals surface area contributed by atoms with E-state index in [4.69, 9.17) is 17.0 Å². The zero-order chi connectivity index (χ0) is 18.7. The van der Waals surface area contributed by atoms with Crippen molar-refractivity contribution in [2.24, 2.45) is 0 Å². The topological polar surface area (TPSA) is 57.4 Å². The molecule has 2 heterocycles. The van der Waals surface area contributed by atoms with Crippen LogP contribution in [0.2, 0.25) is 0 Å². The number of benzene rings is 1. The van der Waals surface area contributed by atoms with E-state index in [0.29, 0.717) is 34.5 Å². The van der Waals surface area contributed by atoms with Crippen molar-refractivity contribution in [3.8, 4) is 0 Å². The second-order valence-electron chi connectivity index (χ2n) is 6.54. The third-order valence-electron chi connectivity index (χ3n) is 4.29. The molecule has 0 bridgehead atoms. The molecule has 1 aliphatic rings. The van der Waals surface area contributed by atoms with Crippen LogP contribution >= 0.6 is 12.2 Å². The molecule has 1 aromatic heterocycles. The SMILES string of the molecule is CC1CN(c2ccc(CNC(=O)c3ccc[nH]c3=S)cc2F)CC(C)O1. The van der Waals surface area contributed by atoms with Crippen LogP contribution in [-0.2, 0) is 11.3 Å². The normalized spacial score (nSPS) is 20.0. The van der Waals surface area contributed by atoms with E-state index >= 15 is 0 Å². The number of ether oxygens (including phenoxy) is 1. The fourth-order valence-corrected chi connectivity index (χ4v) is 3.40. The highest BCUT2D eigenvalue weighted by atomic mass is 32.1. The van der Waals surface area contributed by atoms with Crippen LogP contribution < -0.4 is 10.2 Å². The number of hydrogen-bond acceptors (Lipinski definition) is 4. The van der Waals surface area contributed by atoms with E-state index in [2.05, 4.69) is 10.3 Å². The van der Waals surface area contributed by atoms with Gasteiger partial charge < -0.3 is 19.9 Å². The number of halogens is 1. The quantitative estimate of drug-likeness (QED) is 0.804. The van der Waals surface area contributed by atoms with E-state index in [1.807, 2.05) is 24.8 Å². The first-order chi connectivity index (χ1) is 12.4. The van der Waals surface area contributed by atoms with E-state index < -0.39 is 0 Å². The molecule has 0 spiro atoms. The van der Waals surface area contributed by atoms with E-state index in [0.717, 1.165) is 0 Å². The highest BCUT2D eigenvalue weighted by molar-refractivity contribution is 7.71. The molecule has 1 aromatic carbocycles. The van der Waals surface area contributed by atoms with Crippen LogP contribution in [0.15, 0.2) is 36.5 Å². The Morgan fingerprint density at radius 2 is 2.08 bits per heavy atom. The molecule has 2 aromatic rings. The number of amides is 1. The number of carbonyl (C=O) groups excluding carboxylic acids is 1. The van der Waals surface area contributed by atoms with E-state index in [1.54, 1.807) is 24.4 Å². The molecule has 1 fully saturated rings. The molecule has 3 rings (SSSR count). The Hall–Kier alpha value is -2.25. The minimum Gasteiger partial charge on any atom is -0.372 e. The summed E-state index contributed by atoms with van der Waals surface area (Å²) in [6.07, 6.45) is 1.79. The Bertz CT molecular complexity index is 845. The molecule has 0 aliphatic carbocycles. The number of nitrogens with one attached hydrogen (secondary N) is 2. The molecule has 0 radical (unpaired) electrons. The third kappa shape index (κ3) is 4.28. The molecule has 26 heavy (non-hydrogen) atoms. The van der Waals surface area contributed by atoms with Crippen LogP contribution in [-0.4, -0.2) is 36.2 Å². The second-order valence-corrected chi connectivity index (χ2v) is 6.95. The number of rotatable bonds is 4. The van der Waals surface area contributed by atoms with Crippen molar-refractivity contribution in [3.63, 3.8) is 0 Å². The lowest BCUT2D eigenvalue weighted by Gasteiger charge is -2.37. The lowest BCUT2D eigenvalue weighted by atomic mass is 10.1. The van der Waals surface area contributed by atoms with E-state index in [1.165, 1.54) is 6.07 Å². The fraction of sp³-hybridized carbons (Fsp3) is 0.368. The maximum atomic E-state index is 14.6.